The summed E-state index contributed by atoms with van der Waals surface area (Å²) in [6, 6.07) is 5.79. The summed E-state index contributed by atoms with van der Waals surface area (Å²) in [5.74, 6) is 1.12. The van der Waals surface area contributed by atoms with Gasteiger partial charge in [0.1, 0.15) is 5.75 Å². The average Bonchev–Trinajstić information content (AvgIpc) is 2.29. The number of carbonyl (C=O) groups excluding carboxylic acids is 1. The molecule has 0 bridgehead atoms. The third-order valence-electron chi connectivity index (χ3n) is 3.02. The van der Waals surface area contributed by atoms with Crippen molar-refractivity contribution < 1.29 is 9.53 Å². The van der Waals surface area contributed by atoms with E-state index in [-0.39, 0.29) is 5.78 Å². The number of hydrogen-bond donors (Lipinski definition) is 0. The fraction of sp³-hybridized carbons (Fsp3) is 0.400. The van der Waals surface area contributed by atoms with Gasteiger partial charge in [-0.25, -0.2) is 0 Å². The van der Waals surface area contributed by atoms with E-state index >= 15 is 0 Å². The van der Waals surface area contributed by atoms with Gasteiger partial charge in [-0.2, -0.15) is 0 Å². The maximum atomic E-state index is 11.6. The van der Waals surface area contributed by atoms with E-state index in [1.807, 2.05) is 25.1 Å². The smallest absolute Gasteiger partial charge is 0.163 e. The van der Waals surface area contributed by atoms with Crippen molar-refractivity contribution in [3.8, 4) is 5.75 Å². The number of ketones is 1. The van der Waals surface area contributed by atoms with Crippen LogP contribution in [0.2, 0.25) is 0 Å². The second-order valence-corrected chi connectivity index (χ2v) is 4.65. The number of aryl methyl sites for hydroxylation is 1. The van der Waals surface area contributed by atoms with Gasteiger partial charge in [0, 0.05) is 18.4 Å². The molecule has 90 valence electrons. The van der Waals surface area contributed by atoms with E-state index in [1.165, 1.54) is 0 Å². The molecule has 0 aromatic heterocycles. The summed E-state index contributed by atoms with van der Waals surface area (Å²) in [4.78, 5) is 11.6. The van der Waals surface area contributed by atoms with Crippen LogP contribution in [0, 0.1) is 0 Å². The standard InChI is InChI=1S/C15H18O2/c1-11(2)8-9-17-13-6-7-14-12(10-13)4-3-5-15(14)16/h6-7,10H,1,3-5,8-9H2,2H3. The SMILES string of the molecule is C=C(C)CCOc1ccc2c(c1)CCCC2=O. The van der Waals surface area contributed by atoms with Crippen molar-refractivity contribution in [1.29, 1.82) is 0 Å². The van der Waals surface area contributed by atoms with E-state index in [2.05, 4.69) is 6.58 Å². The van der Waals surface area contributed by atoms with Crippen LogP contribution in [0.3, 0.4) is 0 Å². The fourth-order valence-corrected chi connectivity index (χ4v) is 2.06. The molecule has 17 heavy (non-hydrogen) atoms. The molecule has 0 heterocycles. The highest BCUT2D eigenvalue weighted by Gasteiger charge is 2.17. The van der Waals surface area contributed by atoms with E-state index in [0.29, 0.717) is 13.0 Å². The number of Topliss-reactive ketones (excluding diaryl/α,β-unsaturated/α-hetero) is 1. The van der Waals surface area contributed by atoms with Crippen LogP contribution in [-0.2, 0) is 6.42 Å². The van der Waals surface area contributed by atoms with Crippen LogP contribution in [0.1, 0.15) is 42.1 Å². The molecule has 1 aromatic rings. The summed E-state index contributed by atoms with van der Waals surface area (Å²) in [5.41, 5.74) is 3.13. The third-order valence-corrected chi connectivity index (χ3v) is 3.02. The van der Waals surface area contributed by atoms with Crippen molar-refractivity contribution in [2.75, 3.05) is 6.61 Å². The molecule has 2 rings (SSSR count). The predicted octanol–water partition coefficient (Wildman–Crippen LogP) is 3.55. The molecule has 0 N–H and O–H groups in total. The Labute approximate surface area is 102 Å². The predicted molar refractivity (Wildman–Crippen MR) is 68.6 cm³/mol. The largest absolute Gasteiger partial charge is 0.493 e. The molecule has 0 saturated carbocycles. The zero-order valence-electron chi connectivity index (χ0n) is 10.3. The van der Waals surface area contributed by atoms with Gasteiger partial charge in [-0.1, -0.05) is 5.57 Å². The second kappa shape index (κ2) is 5.17. The first kappa shape index (κ1) is 11.9. The van der Waals surface area contributed by atoms with Crippen LogP contribution in [0.5, 0.6) is 5.75 Å². The molecule has 2 nitrogen and oxygen atoms in total. The zero-order valence-corrected chi connectivity index (χ0v) is 10.3. The van der Waals surface area contributed by atoms with Crippen LogP contribution in [0.4, 0.5) is 0 Å². The summed E-state index contributed by atoms with van der Waals surface area (Å²) >= 11 is 0. The van der Waals surface area contributed by atoms with Gasteiger partial charge >= 0.3 is 0 Å². The minimum Gasteiger partial charge on any atom is -0.493 e. The quantitative estimate of drug-likeness (QED) is 0.739. The van der Waals surface area contributed by atoms with E-state index in [4.69, 9.17) is 4.74 Å². The number of benzene rings is 1. The summed E-state index contributed by atoms with van der Waals surface area (Å²) in [6.45, 7) is 6.49. The van der Waals surface area contributed by atoms with Gasteiger partial charge in [0.15, 0.2) is 5.78 Å². The number of carbonyl (C=O) groups is 1. The van der Waals surface area contributed by atoms with Crippen molar-refractivity contribution >= 4 is 5.78 Å². The number of fused-ring (bicyclic) bond motifs is 1. The molecule has 0 aliphatic heterocycles. The molecule has 0 saturated heterocycles. The summed E-state index contributed by atoms with van der Waals surface area (Å²) in [6.07, 6.45) is 3.50. The van der Waals surface area contributed by atoms with Gasteiger partial charge in [-0.3, -0.25) is 4.79 Å². The molecule has 1 aliphatic rings. The molecule has 0 radical (unpaired) electrons. The van der Waals surface area contributed by atoms with Crippen LogP contribution in [-0.4, -0.2) is 12.4 Å². The minimum atomic E-state index is 0.264. The van der Waals surface area contributed by atoms with Crippen molar-refractivity contribution in [3.05, 3.63) is 41.5 Å². The summed E-state index contributed by atoms with van der Waals surface area (Å²) < 4.78 is 5.65. The van der Waals surface area contributed by atoms with Crippen LogP contribution in [0.15, 0.2) is 30.4 Å². The second-order valence-electron chi connectivity index (χ2n) is 4.65. The first-order valence-electron chi connectivity index (χ1n) is 6.10. The topological polar surface area (TPSA) is 26.3 Å². The molecule has 2 heteroatoms. The van der Waals surface area contributed by atoms with E-state index in [0.717, 1.165) is 41.7 Å². The zero-order chi connectivity index (χ0) is 12.3. The Hall–Kier alpha value is -1.57. The Morgan fingerprint density at radius 2 is 2.24 bits per heavy atom. The van der Waals surface area contributed by atoms with Crippen molar-refractivity contribution in [2.24, 2.45) is 0 Å². The minimum absolute atomic E-state index is 0.264. The molecule has 0 atom stereocenters. The van der Waals surface area contributed by atoms with Gasteiger partial charge in [0.25, 0.3) is 0 Å². The Balaban J connectivity index is 2.05. The first-order valence-corrected chi connectivity index (χ1v) is 6.10. The Bertz CT molecular complexity index is 446. The number of rotatable bonds is 4. The lowest BCUT2D eigenvalue weighted by molar-refractivity contribution is 0.0972. The molecule has 1 aliphatic carbocycles. The fourth-order valence-electron chi connectivity index (χ4n) is 2.06. The number of ether oxygens (including phenoxy) is 1. The monoisotopic (exact) mass is 230 g/mol. The summed E-state index contributed by atoms with van der Waals surface area (Å²) in [7, 11) is 0. The average molecular weight is 230 g/mol. The maximum Gasteiger partial charge on any atom is 0.163 e. The molecule has 1 aromatic carbocycles. The van der Waals surface area contributed by atoms with Gasteiger partial charge in [0.2, 0.25) is 0 Å². The highest BCUT2D eigenvalue weighted by molar-refractivity contribution is 5.98. The summed E-state index contributed by atoms with van der Waals surface area (Å²) in [5, 5.41) is 0. The molecule has 0 unspecified atom stereocenters. The van der Waals surface area contributed by atoms with E-state index in [9.17, 15) is 4.79 Å². The lowest BCUT2D eigenvalue weighted by atomic mass is 9.90. The first-order chi connectivity index (χ1) is 8.16. The van der Waals surface area contributed by atoms with Crippen molar-refractivity contribution in [1.82, 2.24) is 0 Å². The molecular weight excluding hydrogens is 212 g/mol. The van der Waals surface area contributed by atoms with E-state index in [1.54, 1.807) is 0 Å². The highest BCUT2D eigenvalue weighted by Crippen LogP contribution is 2.25. The highest BCUT2D eigenvalue weighted by atomic mass is 16.5. The van der Waals surface area contributed by atoms with Crippen molar-refractivity contribution in [2.45, 2.75) is 32.6 Å². The van der Waals surface area contributed by atoms with Crippen LogP contribution < -0.4 is 4.74 Å². The lowest BCUT2D eigenvalue weighted by Crippen LogP contribution is -2.10. The van der Waals surface area contributed by atoms with Gasteiger partial charge < -0.3 is 4.74 Å². The Morgan fingerprint density at radius 3 is 3.00 bits per heavy atom. The molecule has 0 spiro atoms. The maximum absolute atomic E-state index is 11.6. The molecular formula is C15H18O2. The van der Waals surface area contributed by atoms with Gasteiger partial charge in [-0.05, 0) is 43.5 Å². The van der Waals surface area contributed by atoms with Gasteiger partial charge in [-0.15, -0.1) is 6.58 Å². The lowest BCUT2D eigenvalue weighted by Gasteiger charge is -2.16. The van der Waals surface area contributed by atoms with Gasteiger partial charge in [0.05, 0.1) is 6.61 Å². The number of hydrogen-bond acceptors (Lipinski definition) is 2. The van der Waals surface area contributed by atoms with Crippen LogP contribution in [0.25, 0.3) is 0 Å². The van der Waals surface area contributed by atoms with Crippen LogP contribution >= 0.6 is 0 Å². The molecule has 0 fully saturated rings. The van der Waals surface area contributed by atoms with Crippen molar-refractivity contribution in [3.63, 3.8) is 0 Å². The Morgan fingerprint density at radius 1 is 1.41 bits per heavy atom. The molecule has 0 amide bonds. The normalized spacial score (nSPS) is 14.3. The third kappa shape index (κ3) is 2.96. The van der Waals surface area contributed by atoms with E-state index < -0.39 is 0 Å². The Kier molecular flexibility index (Phi) is 3.62.